The molecular formula is C22H46O4S. The van der Waals surface area contributed by atoms with Crippen LogP contribution in [0.3, 0.4) is 0 Å². The van der Waals surface area contributed by atoms with Crippen LogP contribution in [0.2, 0.25) is 0 Å². The molecule has 2 N–H and O–H groups in total. The molecule has 5 heteroatoms. The van der Waals surface area contributed by atoms with Crippen LogP contribution in [-0.4, -0.2) is 29.4 Å². The highest BCUT2D eigenvalue weighted by Gasteiger charge is 2.21. The van der Waals surface area contributed by atoms with Crippen molar-refractivity contribution >= 4 is 10.1 Å². The molecule has 4 nitrogen and oxygen atoms in total. The first-order chi connectivity index (χ1) is 12.9. The van der Waals surface area contributed by atoms with Crippen LogP contribution in [0.4, 0.5) is 0 Å². The molecule has 0 heterocycles. The molecular weight excluding hydrogens is 360 g/mol. The van der Waals surface area contributed by atoms with E-state index in [1.165, 1.54) is 70.6 Å². The quantitative estimate of drug-likeness (QED) is 0.175. The average molecular weight is 407 g/mol. The van der Waals surface area contributed by atoms with E-state index >= 15 is 0 Å². The van der Waals surface area contributed by atoms with Crippen LogP contribution in [0.5, 0.6) is 0 Å². The molecule has 0 rings (SSSR count). The molecule has 0 saturated carbocycles. The monoisotopic (exact) mass is 406 g/mol. The van der Waals surface area contributed by atoms with Crippen LogP contribution in [0.25, 0.3) is 0 Å². The van der Waals surface area contributed by atoms with Crippen molar-refractivity contribution in [1.82, 2.24) is 0 Å². The Labute approximate surface area is 169 Å². The van der Waals surface area contributed by atoms with Crippen molar-refractivity contribution in [2.75, 3.05) is 0 Å². The predicted molar refractivity (Wildman–Crippen MR) is 116 cm³/mol. The number of aliphatic hydroxyl groups is 1. The van der Waals surface area contributed by atoms with Gasteiger partial charge in [0.05, 0.1) is 11.4 Å². The highest BCUT2D eigenvalue weighted by Crippen LogP contribution is 2.18. The van der Waals surface area contributed by atoms with Gasteiger partial charge in [-0.3, -0.25) is 4.55 Å². The zero-order chi connectivity index (χ0) is 20.4. The van der Waals surface area contributed by atoms with Gasteiger partial charge in [-0.05, 0) is 32.1 Å². The van der Waals surface area contributed by atoms with Crippen LogP contribution in [0, 0.1) is 0 Å². The van der Waals surface area contributed by atoms with Gasteiger partial charge in [-0.15, -0.1) is 0 Å². The molecule has 0 aromatic carbocycles. The van der Waals surface area contributed by atoms with Crippen molar-refractivity contribution < 1.29 is 18.1 Å². The predicted octanol–water partition coefficient (Wildman–Crippen LogP) is 6.67. The second-order valence-corrected chi connectivity index (χ2v) is 9.88. The van der Waals surface area contributed by atoms with Gasteiger partial charge in [0.2, 0.25) is 0 Å². The van der Waals surface area contributed by atoms with Crippen molar-refractivity contribution in [2.24, 2.45) is 0 Å². The molecule has 164 valence electrons. The molecule has 0 aliphatic heterocycles. The molecule has 0 fully saturated rings. The third kappa shape index (κ3) is 17.7. The van der Waals surface area contributed by atoms with Gasteiger partial charge in [0.15, 0.2) is 0 Å². The lowest BCUT2D eigenvalue weighted by Crippen LogP contribution is -2.21. The molecule has 2 atom stereocenters. The van der Waals surface area contributed by atoms with E-state index in [0.717, 1.165) is 19.3 Å². The van der Waals surface area contributed by atoms with E-state index in [-0.39, 0.29) is 6.10 Å². The van der Waals surface area contributed by atoms with E-state index in [2.05, 4.69) is 6.92 Å². The summed E-state index contributed by atoms with van der Waals surface area (Å²) in [4.78, 5) is 0. The molecule has 0 bridgehead atoms. The highest BCUT2D eigenvalue weighted by molar-refractivity contribution is 7.86. The van der Waals surface area contributed by atoms with Crippen LogP contribution in [0.1, 0.15) is 129 Å². The second kappa shape index (κ2) is 17.9. The van der Waals surface area contributed by atoms with Crippen molar-refractivity contribution in [3.8, 4) is 0 Å². The Kier molecular flexibility index (Phi) is 17.8. The number of rotatable bonds is 20. The van der Waals surface area contributed by atoms with Crippen LogP contribution >= 0.6 is 0 Å². The molecule has 0 saturated heterocycles. The minimum Gasteiger partial charge on any atom is -0.393 e. The maximum atomic E-state index is 11.3. The highest BCUT2D eigenvalue weighted by atomic mass is 32.2. The Morgan fingerprint density at radius 3 is 1.48 bits per heavy atom. The van der Waals surface area contributed by atoms with Crippen molar-refractivity contribution in [2.45, 2.75) is 141 Å². The van der Waals surface area contributed by atoms with Crippen LogP contribution in [0.15, 0.2) is 0 Å². The standard InChI is InChI=1S/C22H46O4S/c1-3-5-6-7-8-9-10-11-12-13-14-15-18-21(23)19-16-20-22(17-4-2)27(24,25)26/h21-23H,3-20H2,1-2H3,(H,24,25,26). The summed E-state index contributed by atoms with van der Waals surface area (Å²) in [6, 6.07) is 0. The van der Waals surface area contributed by atoms with E-state index in [1.807, 2.05) is 6.92 Å². The summed E-state index contributed by atoms with van der Waals surface area (Å²) in [5.74, 6) is 0. The minimum atomic E-state index is -3.95. The lowest BCUT2D eigenvalue weighted by Gasteiger charge is -2.14. The summed E-state index contributed by atoms with van der Waals surface area (Å²) in [5, 5.41) is 9.38. The second-order valence-electron chi connectivity index (χ2n) is 8.19. The molecule has 0 aromatic rings. The van der Waals surface area contributed by atoms with Crippen molar-refractivity contribution in [1.29, 1.82) is 0 Å². The topological polar surface area (TPSA) is 74.6 Å². The Balaban J connectivity index is 3.47. The van der Waals surface area contributed by atoms with Crippen LogP contribution < -0.4 is 0 Å². The van der Waals surface area contributed by atoms with Gasteiger partial charge in [-0.2, -0.15) is 8.42 Å². The lowest BCUT2D eigenvalue weighted by atomic mass is 10.0. The smallest absolute Gasteiger partial charge is 0.267 e. The Hall–Kier alpha value is -0.130. The summed E-state index contributed by atoms with van der Waals surface area (Å²) >= 11 is 0. The number of hydrogen-bond donors (Lipinski definition) is 2. The molecule has 0 spiro atoms. The Morgan fingerprint density at radius 1 is 0.593 bits per heavy atom. The summed E-state index contributed by atoms with van der Waals surface area (Å²) in [6.45, 7) is 4.17. The number of hydrogen-bond acceptors (Lipinski definition) is 3. The maximum Gasteiger partial charge on any atom is 0.267 e. The van der Waals surface area contributed by atoms with E-state index < -0.39 is 15.4 Å². The summed E-state index contributed by atoms with van der Waals surface area (Å²) in [6.07, 6.45) is 19.2. The first kappa shape index (κ1) is 26.9. The number of aliphatic hydroxyl groups excluding tert-OH is 1. The SMILES string of the molecule is CCCCCCCCCCCCCCC(O)CCCC(CCC)S(=O)(=O)O. The Morgan fingerprint density at radius 2 is 1.04 bits per heavy atom. The third-order valence-electron chi connectivity index (χ3n) is 5.49. The van der Waals surface area contributed by atoms with E-state index in [0.29, 0.717) is 25.7 Å². The third-order valence-corrected chi connectivity index (χ3v) is 6.80. The fraction of sp³-hybridized carbons (Fsp3) is 1.00. The molecule has 0 aliphatic carbocycles. The number of unbranched alkanes of at least 4 members (excludes halogenated alkanes) is 11. The summed E-state index contributed by atoms with van der Waals surface area (Å²) in [5.41, 5.74) is 0. The minimum absolute atomic E-state index is 0.336. The molecule has 0 aliphatic rings. The lowest BCUT2D eigenvalue weighted by molar-refractivity contribution is 0.147. The Bertz CT molecular complexity index is 409. The molecule has 2 unspecified atom stereocenters. The summed E-state index contributed by atoms with van der Waals surface area (Å²) in [7, 11) is -3.95. The molecule has 27 heavy (non-hydrogen) atoms. The van der Waals surface area contributed by atoms with Crippen molar-refractivity contribution in [3.63, 3.8) is 0 Å². The summed E-state index contributed by atoms with van der Waals surface area (Å²) < 4.78 is 31.8. The zero-order valence-electron chi connectivity index (χ0n) is 18.0. The average Bonchev–Trinajstić information content (AvgIpc) is 2.61. The first-order valence-electron chi connectivity index (χ1n) is 11.6. The van der Waals surface area contributed by atoms with Gasteiger partial charge in [-0.1, -0.05) is 97.3 Å². The van der Waals surface area contributed by atoms with Gasteiger partial charge >= 0.3 is 0 Å². The fourth-order valence-electron chi connectivity index (χ4n) is 3.71. The van der Waals surface area contributed by atoms with Gasteiger partial charge in [-0.25, -0.2) is 0 Å². The zero-order valence-corrected chi connectivity index (χ0v) is 18.8. The van der Waals surface area contributed by atoms with Crippen LogP contribution in [-0.2, 0) is 10.1 Å². The molecule has 0 aromatic heterocycles. The molecule has 0 radical (unpaired) electrons. The molecule has 0 amide bonds. The largest absolute Gasteiger partial charge is 0.393 e. The van der Waals surface area contributed by atoms with E-state index in [9.17, 15) is 18.1 Å². The van der Waals surface area contributed by atoms with E-state index in [4.69, 9.17) is 0 Å². The van der Waals surface area contributed by atoms with Crippen molar-refractivity contribution in [3.05, 3.63) is 0 Å². The maximum absolute atomic E-state index is 11.3. The van der Waals surface area contributed by atoms with E-state index in [1.54, 1.807) is 0 Å². The van der Waals surface area contributed by atoms with Gasteiger partial charge < -0.3 is 5.11 Å². The first-order valence-corrected chi connectivity index (χ1v) is 13.1. The van der Waals surface area contributed by atoms with Gasteiger partial charge in [0.1, 0.15) is 0 Å². The normalized spacial score (nSPS) is 14.4. The van der Waals surface area contributed by atoms with Gasteiger partial charge in [0.25, 0.3) is 10.1 Å². The fourth-order valence-corrected chi connectivity index (χ4v) is 4.71. The van der Waals surface area contributed by atoms with Gasteiger partial charge in [0, 0.05) is 0 Å².